The first-order valence-electron chi connectivity index (χ1n) is 8.96. The van der Waals surface area contributed by atoms with Gasteiger partial charge in [0, 0.05) is 34.1 Å². The average Bonchev–Trinajstić information content (AvgIpc) is 2.63. The van der Waals surface area contributed by atoms with E-state index >= 15 is 0 Å². The number of benzene rings is 2. The molecular formula is C21H22N2O2. The number of nitrogen functional groups attached to an aromatic ring is 1. The van der Waals surface area contributed by atoms with Crippen LogP contribution < -0.4 is 11.1 Å². The van der Waals surface area contributed by atoms with Crippen LogP contribution >= 0.6 is 0 Å². The normalized spacial score (nSPS) is 17.2. The van der Waals surface area contributed by atoms with Crippen LogP contribution in [0.5, 0.6) is 0 Å². The highest BCUT2D eigenvalue weighted by Gasteiger charge is 2.34. The molecule has 0 bridgehead atoms. The van der Waals surface area contributed by atoms with Crippen LogP contribution in [0.15, 0.2) is 30.3 Å². The number of fused-ring (bicyclic) bond motifs is 2. The Morgan fingerprint density at radius 1 is 0.960 bits per heavy atom. The highest BCUT2D eigenvalue weighted by atomic mass is 16.1. The second kappa shape index (κ2) is 6.03. The van der Waals surface area contributed by atoms with Crippen LogP contribution in [0.25, 0.3) is 0 Å². The maximum absolute atomic E-state index is 13.1. The Morgan fingerprint density at radius 2 is 1.56 bits per heavy atom. The molecule has 2 aliphatic rings. The molecule has 0 heterocycles. The lowest BCUT2D eigenvalue weighted by molar-refractivity contribution is 0.0979. The zero-order valence-electron chi connectivity index (χ0n) is 14.4. The fourth-order valence-electron chi connectivity index (χ4n) is 4.05. The smallest absolute Gasteiger partial charge is 0.196 e. The average molecular weight is 334 g/mol. The third kappa shape index (κ3) is 2.53. The number of nitrogens with two attached hydrogens (primary N) is 1. The standard InChI is InChI=1S/C21H22N2O2/c1-12-16(22)11-17(23-13-7-3-2-4-8-13)19-18(12)20(24)14-9-5-6-10-15(14)21(19)25/h5-6,9-11,13,23H,2-4,7-8,22H2,1H3. The summed E-state index contributed by atoms with van der Waals surface area (Å²) < 4.78 is 0. The first kappa shape index (κ1) is 15.9. The minimum absolute atomic E-state index is 0.0911. The number of nitrogens with one attached hydrogen (secondary N) is 1. The van der Waals surface area contributed by atoms with E-state index in [-0.39, 0.29) is 11.6 Å². The summed E-state index contributed by atoms with van der Waals surface area (Å²) in [5, 5.41) is 3.51. The lowest BCUT2D eigenvalue weighted by Crippen LogP contribution is -2.28. The fraction of sp³-hybridized carbons (Fsp3) is 0.333. The lowest BCUT2D eigenvalue weighted by Gasteiger charge is -2.28. The number of ketones is 2. The predicted molar refractivity (Wildman–Crippen MR) is 99.4 cm³/mol. The molecular weight excluding hydrogens is 312 g/mol. The van der Waals surface area contributed by atoms with Crippen LogP contribution in [0.2, 0.25) is 0 Å². The van der Waals surface area contributed by atoms with Gasteiger partial charge in [-0.2, -0.15) is 0 Å². The second-order valence-electron chi connectivity index (χ2n) is 7.07. The molecule has 0 atom stereocenters. The largest absolute Gasteiger partial charge is 0.398 e. The molecule has 4 nitrogen and oxygen atoms in total. The van der Waals surface area contributed by atoms with Gasteiger partial charge in [-0.25, -0.2) is 0 Å². The number of hydrogen-bond donors (Lipinski definition) is 2. The minimum atomic E-state index is -0.110. The summed E-state index contributed by atoms with van der Waals surface area (Å²) in [4.78, 5) is 26.2. The van der Waals surface area contributed by atoms with Crippen molar-refractivity contribution in [3.63, 3.8) is 0 Å². The molecule has 0 spiro atoms. The van der Waals surface area contributed by atoms with E-state index in [2.05, 4.69) is 5.32 Å². The Morgan fingerprint density at radius 3 is 2.20 bits per heavy atom. The molecule has 25 heavy (non-hydrogen) atoms. The molecule has 4 heteroatoms. The topological polar surface area (TPSA) is 72.2 Å². The first-order valence-corrected chi connectivity index (χ1v) is 8.96. The quantitative estimate of drug-likeness (QED) is 0.692. The SMILES string of the molecule is Cc1c(N)cc(NC2CCCCC2)c2c1C(=O)c1ccccc1C2=O. The molecule has 1 fully saturated rings. The summed E-state index contributed by atoms with van der Waals surface area (Å²) in [6.07, 6.45) is 5.81. The number of carbonyl (C=O) groups excluding carboxylic acids is 2. The Bertz CT molecular complexity index is 880. The van der Waals surface area contributed by atoms with Crippen molar-refractivity contribution in [2.45, 2.75) is 45.1 Å². The van der Waals surface area contributed by atoms with Gasteiger partial charge in [-0.05, 0) is 31.4 Å². The van der Waals surface area contributed by atoms with E-state index in [1.807, 2.05) is 13.0 Å². The number of hydrogen-bond acceptors (Lipinski definition) is 4. The van der Waals surface area contributed by atoms with Crippen LogP contribution in [0.4, 0.5) is 11.4 Å². The van der Waals surface area contributed by atoms with Crippen molar-refractivity contribution in [2.24, 2.45) is 0 Å². The summed E-state index contributed by atoms with van der Waals surface area (Å²) in [5.74, 6) is -0.201. The van der Waals surface area contributed by atoms with Gasteiger partial charge < -0.3 is 11.1 Å². The molecule has 0 aromatic heterocycles. The van der Waals surface area contributed by atoms with E-state index in [0.29, 0.717) is 45.2 Å². The Labute approximate surface area is 147 Å². The van der Waals surface area contributed by atoms with Gasteiger partial charge in [0.1, 0.15) is 0 Å². The number of carbonyl (C=O) groups is 2. The molecule has 1 saturated carbocycles. The molecule has 4 rings (SSSR count). The monoisotopic (exact) mass is 334 g/mol. The van der Waals surface area contributed by atoms with Crippen LogP contribution in [-0.4, -0.2) is 17.6 Å². The van der Waals surface area contributed by atoms with Crippen LogP contribution in [0.1, 0.15) is 69.5 Å². The number of anilines is 2. The first-order chi connectivity index (χ1) is 12.1. The Kier molecular flexibility index (Phi) is 3.83. The van der Waals surface area contributed by atoms with Gasteiger partial charge in [-0.1, -0.05) is 43.5 Å². The van der Waals surface area contributed by atoms with E-state index in [9.17, 15) is 9.59 Å². The van der Waals surface area contributed by atoms with Gasteiger partial charge >= 0.3 is 0 Å². The van der Waals surface area contributed by atoms with E-state index in [0.717, 1.165) is 12.8 Å². The Balaban J connectivity index is 1.86. The summed E-state index contributed by atoms with van der Waals surface area (Å²) in [5.41, 5.74) is 10.0. The maximum atomic E-state index is 13.1. The molecule has 0 aliphatic heterocycles. The van der Waals surface area contributed by atoms with E-state index in [1.54, 1.807) is 24.3 Å². The lowest BCUT2D eigenvalue weighted by atomic mass is 9.80. The predicted octanol–water partition coefficient (Wildman–Crippen LogP) is 4.10. The van der Waals surface area contributed by atoms with Crippen molar-refractivity contribution in [3.8, 4) is 0 Å². The summed E-state index contributed by atoms with van der Waals surface area (Å²) in [7, 11) is 0. The fourth-order valence-corrected chi connectivity index (χ4v) is 4.05. The molecule has 0 radical (unpaired) electrons. The zero-order chi connectivity index (χ0) is 17.6. The molecule has 2 aromatic rings. The second-order valence-corrected chi connectivity index (χ2v) is 7.07. The summed E-state index contributed by atoms with van der Waals surface area (Å²) >= 11 is 0. The molecule has 2 aromatic carbocycles. The van der Waals surface area contributed by atoms with E-state index < -0.39 is 0 Å². The molecule has 0 amide bonds. The van der Waals surface area contributed by atoms with Crippen molar-refractivity contribution in [1.29, 1.82) is 0 Å². The number of rotatable bonds is 2. The highest BCUT2D eigenvalue weighted by molar-refractivity contribution is 6.31. The summed E-state index contributed by atoms with van der Waals surface area (Å²) in [6, 6.07) is 9.19. The van der Waals surface area contributed by atoms with Crippen LogP contribution in [0, 0.1) is 6.92 Å². The molecule has 0 saturated heterocycles. The third-order valence-corrected chi connectivity index (χ3v) is 5.46. The van der Waals surface area contributed by atoms with Gasteiger partial charge in [-0.15, -0.1) is 0 Å². The van der Waals surface area contributed by atoms with Gasteiger partial charge in [0.15, 0.2) is 11.6 Å². The van der Waals surface area contributed by atoms with Crippen molar-refractivity contribution >= 4 is 22.9 Å². The van der Waals surface area contributed by atoms with Crippen LogP contribution in [-0.2, 0) is 0 Å². The van der Waals surface area contributed by atoms with Gasteiger partial charge in [-0.3, -0.25) is 9.59 Å². The van der Waals surface area contributed by atoms with Crippen molar-refractivity contribution in [3.05, 3.63) is 58.1 Å². The molecule has 0 unspecified atom stereocenters. The highest BCUT2D eigenvalue weighted by Crippen LogP contribution is 2.37. The van der Waals surface area contributed by atoms with Crippen molar-refractivity contribution < 1.29 is 9.59 Å². The van der Waals surface area contributed by atoms with E-state index in [4.69, 9.17) is 5.73 Å². The third-order valence-electron chi connectivity index (χ3n) is 5.46. The zero-order valence-corrected chi connectivity index (χ0v) is 14.4. The van der Waals surface area contributed by atoms with Crippen LogP contribution in [0.3, 0.4) is 0 Å². The maximum Gasteiger partial charge on any atom is 0.196 e. The van der Waals surface area contributed by atoms with Gasteiger partial charge in [0.05, 0.1) is 5.56 Å². The molecule has 2 aliphatic carbocycles. The van der Waals surface area contributed by atoms with Gasteiger partial charge in [0.2, 0.25) is 0 Å². The summed E-state index contributed by atoms with van der Waals surface area (Å²) in [6.45, 7) is 1.82. The van der Waals surface area contributed by atoms with Gasteiger partial charge in [0.25, 0.3) is 0 Å². The van der Waals surface area contributed by atoms with E-state index in [1.165, 1.54) is 19.3 Å². The van der Waals surface area contributed by atoms with Crippen molar-refractivity contribution in [1.82, 2.24) is 0 Å². The Hall–Kier alpha value is -2.62. The van der Waals surface area contributed by atoms with Crippen molar-refractivity contribution in [2.75, 3.05) is 11.1 Å². The molecule has 3 N–H and O–H groups in total. The molecule has 128 valence electrons. The minimum Gasteiger partial charge on any atom is -0.398 e.